The van der Waals surface area contributed by atoms with Gasteiger partial charge in [-0.2, -0.15) is 0 Å². The van der Waals surface area contributed by atoms with Crippen molar-refractivity contribution < 1.29 is 4.79 Å². The fourth-order valence-electron chi connectivity index (χ4n) is 2.98. The Morgan fingerprint density at radius 2 is 1.72 bits per heavy atom. The van der Waals surface area contributed by atoms with E-state index in [-0.39, 0.29) is 11.8 Å². The minimum Gasteiger partial charge on any atom is -0.399 e. The maximum atomic E-state index is 13.0. The van der Waals surface area contributed by atoms with Crippen molar-refractivity contribution in [1.82, 2.24) is 10.2 Å². The van der Waals surface area contributed by atoms with Crippen LogP contribution in [0.3, 0.4) is 0 Å². The minimum absolute atomic E-state index is 0.102. The number of hydrogen-bond acceptors (Lipinski definition) is 5. The molecule has 25 heavy (non-hydrogen) atoms. The summed E-state index contributed by atoms with van der Waals surface area (Å²) in [6.07, 6.45) is 0. The number of nitrogens with one attached hydrogen (secondary N) is 1. The number of anilines is 2. The summed E-state index contributed by atoms with van der Waals surface area (Å²) in [6, 6.07) is 17.7. The molecule has 0 aliphatic rings. The van der Waals surface area contributed by atoms with Crippen molar-refractivity contribution in [3.8, 4) is 0 Å². The van der Waals surface area contributed by atoms with Gasteiger partial charge in [-0.15, -0.1) is 10.2 Å². The maximum absolute atomic E-state index is 13.0. The Labute approximate surface area is 150 Å². The number of rotatable bonds is 5. The lowest BCUT2D eigenvalue weighted by Gasteiger charge is -2.33. The number of nitrogen functional groups attached to an aromatic ring is 1. The predicted molar refractivity (Wildman–Crippen MR) is 101 cm³/mol. The molecule has 128 valence electrons. The summed E-state index contributed by atoms with van der Waals surface area (Å²) >= 11 is 1.30. The summed E-state index contributed by atoms with van der Waals surface area (Å²) in [5, 5.41) is 11.1. The summed E-state index contributed by atoms with van der Waals surface area (Å²) in [5.74, 6) is -0.225. The van der Waals surface area contributed by atoms with Crippen LogP contribution in [0.5, 0.6) is 0 Å². The lowest BCUT2D eigenvalue weighted by Crippen LogP contribution is -2.37. The molecule has 0 aliphatic carbocycles. The fraction of sp³-hybridized carbons (Fsp3) is 0.211. The van der Waals surface area contributed by atoms with Crippen molar-refractivity contribution in [1.29, 1.82) is 0 Å². The smallest absolute Gasteiger partial charge is 0.232 e. The highest BCUT2D eigenvalue weighted by atomic mass is 32.1. The standard InChI is InChI=1S/C19H20N4OS/c1-19(2,17(24)22-18-23-21-12-25-18)16(13-6-4-3-5-7-13)14-8-10-15(20)11-9-14/h3-12,16H,20H2,1-2H3,(H,22,23,24). The van der Waals surface area contributed by atoms with Gasteiger partial charge in [0.1, 0.15) is 5.51 Å². The Balaban J connectivity index is 2.00. The number of amides is 1. The highest BCUT2D eigenvalue weighted by Gasteiger charge is 2.39. The zero-order valence-corrected chi connectivity index (χ0v) is 15.0. The van der Waals surface area contributed by atoms with E-state index < -0.39 is 5.41 Å². The molecule has 3 rings (SSSR count). The van der Waals surface area contributed by atoms with Gasteiger partial charge >= 0.3 is 0 Å². The van der Waals surface area contributed by atoms with Crippen LogP contribution in [-0.2, 0) is 4.79 Å². The highest BCUT2D eigenvalue weighted by Crippen LogP contribution is 2.42. The van der Waals surface area contributed by atoms with Crippen molar-refractivity contribution in [2.75, 3.05) is 11.1 Å². The molecule has 0 spiro atoms. The molecule has 0 saturated heterocycles. The average Bonchev–Trinajstić information content (AvgIpc) is 3.11. The van der Waals surface area contributed by atoms with E-state index in [2.05, 4.69) is 15.5 Å². The molecular weight excluding hydrogens is 332 g/mol. The topological polar surface area (TPSA) is 80.9 Å². The van der Waals surface area contributed by atoms with Crippen LogP contribution in [-0.4, -0.2) is 16.1 Å². The van der Waals surface area contributed by atoms with Crippen LogP contribution in [0, 0.1) is 5.41 Å². The van der Waals surface area contributed by atoms with E-state index in [1.54, 1.807) is 5.51 Å². The van der Waals surface area contributed by atoms with Gasteiger partial charge in [-0.25, -0.2) is 0 Å². The number of hydrogen-bond donors (Lipinski definition) is 2. The number of carbonyl (C=O) groups is 1. The number of benzene rings is 2. The highest BCUT2D eigenvalue weighted by molar-refractivity contribution is 7.13. The summed E-state index contributed by atoms with van der Waals surface area (Å²) in [6.45, 7) is 3.88. The van der Waals surface area contributed by atoms with Gasteiger partial charge in [0.2, 0.25) is 11.0 Å². The molecule has 6 heteroatoms. The molecule has 1 aromatic heterocycles. The monoisotopic (exact) mass is 352 g/mol. The molecule has 1 heterocycles. The Morgan fingerprint density at radius 3 is 2.32 bits per heavy atom. The summed E-state index contributed by atoms with van der Waals surface area (Å²) in [7, 11) is 0. The van der Waals surface area contributed by atoms with Gasteiger partial charge in [-0.3, -0.25) is 4.79 Å². The van der Waals surface area contributed by atoms with Gasteiger partial charge in [-0.1, -0.05) is 67.6 Å². The maximum Gasteiger partial charge on any atom is 0.232 e. The van der Waals surface area contributed by atoms with Gasteiger partial charge in [-0.05, 0) is 23.3 Å². The zero-order valence-electron chi connectivity index (χ0n) is 14.1. The van der Waals surface area contributed by atoms with E-state index in [1.165, 1.54) is 11.3 Å². The molecule has 1 unspecified atom stereocenters. The van der Waals surface area contributed by atoms with Gasteiger partial charge in [0, 0.05) is 11.6 Å². The molecule has 0 aliphatic heterocycles. The third-order valence-electron chi connectivity index (χ3n) is 4.29. The van der Waals surface area contributed by atoms with Gasteiger partial charge in [0.05, 0.1) is 5.41 Å². The summed E-state index contributed by atoms with van der Waals surface area (Å²) in [4.78, 5) is 13.0. The van der Waals surface area contributed by atoms with Crippen molar-refractivity contribution >= 4 is 28.1 Å². The van der Waals surface area contributed by atoms with Crippen LogP contribution in [0.2, 0.25) is 0 Å². The largest absolute Gasteiger partial charge is 0.399 e. The Bertz CT molecular complexity index is 830. The second-order valence-corrected chi connectivity index (χ2v) is 7.26. The minimum atomic E-state index is -0.705. The Hall–Kier alpha value is -2.73. The van der Waals surface area contributed by atoms with Crippen LogP contribution in [0.4, 0.5) is 10.8 Å². The molecule has 3 aromatic rings. The summed E-state index contributed by atoms with van der Waals surface area (Å²) < 4.78 is 0. The van der Waals surface area contributed by atoms with Crippen molar-refractivity contribution in [3.63, 3.8) is 0 Å². The number of carbonyl (C=O) groups excluding carboxylic acids is 1. The van der Waals surface area contributed by atoms with Crippen LogP contribution < -0.4 is 11.1 Å². The second-order valence-electron chi connectivity index (χ2n) is 6.43. The number of nitrogens with zero attached hydrogens (tertiary/aromatic N) is 2. The van der Waals surface area contributed by atoms with E-state index in [0.29, 0.717) is 10.8 Å². The lowest BCUT2D eigenvalue weighted by atomic mass is 9.70. The molecule has 0 radical (unpaired) electrons. The number of nitrogens with two attached hydrogens (primary N) is 1. The normalized spacial score (nSPS) is 12.6. The quantitative estimate of drug-likeness (QED) is 0.682. The van der Waals surface area contributed by atoms with Gasteiger partial charge < -0.3 is 11.1 Å². The lowest BCUT2D eigenvalue weighted by molar-refractivity contribution is -0.124. The SMILES string of the molecule is CC(C)(C(=O)Nc1nncs1)C(c1ccccc1)c1ccc(N)cc1. The van der Waals surface area contributed by atoms with E-state index in [1.807, 2.05) is 68.4 Å². The molecule has 3 N–H and O–H groups in total. The van der Waals surface area contributed by atoms with E-state index >= 15 is 0 Å². The molecule has 0 bridgehead atoms. The van der Waals surface area contributed by atoms with Crippen molar-refractivity contribution in [3.05, 3.63) is 71.2 Å². The van der Waals surface area contributed by atoms with Crippen molar-refractivity contribution in [2.24, 2.45) is 5.41 Å². The number of aromatic nitrogens is 2. The fourth-order valence-corrected chi connectivity index (χ4v) is 3.42. The molecular formula is C19H20N4OS. The predicted octanol–water partition coefficient (Wildman–Crippen LogP) is 3.92. The third-order valence-corrected chi connectivity index (χ3v) is 4.90. The van der Waals surface area contributed by atoms with Crippen LogP contribution in [0.15, 0.2) is 60.1 Å². The van der Waals surface area contributed by atoms with E-state index in [0.717, 1.165) is 11.1 Å². The molecule has 1 atom stereocenters. The summed E-state index contributed by atoms with van der Waals surface area (Å²) in [5.41, 5.74) is 9.53. The third kappa shape index (κ3) is 3.69. The van der Waals surface area contributed by atoms with E-state index in [9.17, 15) is 4.79 Å². The first kappa shape index (κ1) is 17.1. The Morgan fingerprint density at radius 1 is 1.08 bits per heavy atom. The molecule has 0 saturated carbocycles. The molecule has 2 aromatic carbocycles. The first-order chi connectivity index (χ1) is 12.0. The molecule has 0 fully saturated rings. The second kappa shape index (κ2) is 7.03. The zero-order chi connectivity index (χ0) is 17.9. The Kier molecular flexibility index (Phi) is 4.81. The first-order valence-electron chi connectivity index (χ1n) is 7.96. The van der Waals surface area contributed by atoms with Crippen LogP contribution >= 0.6 is 11.3 Å². The molecule has 5 nitrogen and oxygen atoms in total. The van der Waals surface area contributed by atoms with E-state index in [4.69, 9.17) is 5.73 Å². The van der Waals surface area contributed by atoms with Crippen LogP contribution in [0.25, 0.3) is 0 Å². The van der Waals surface area contributed by atoms with Crippen LogP contribution in [0.1, 0.15) is 30.9 Å². The average molecular weight is 352 g/mol. The first-order valence-corrected chi connectivity index (χ1v) is 8.84. The van der Waals surface area contributed by atoms with Gasteiger partial charge in [0.25, 0.3) is 0 Å². The molecule has 1 amide bonds. The van der Waals surface area contributed by atoms with Gasteiger partial charge in [0.15, 0.2) is 0 Å². The van der Waals surface area contributed by atoms with Crippen molar-refractivity contribution in [2.45, 2.75) is 19.8 Å².